The van der Waals surface area contributed by atoms with E-state index in [1.165, 1.54) is 31.2 Å². The number of likely N-dealkylation sites (N-methyl/N-ethyl adjacent to an activating group) is 1. The van der Waals surface area contributed by atoms with Crippen LogP contribution < -0.4 is 5.32 Å². The van der Waals surface area contributed by atoms with Crippen LogP contribution in [0.15, 0.2) is 16.8 Å². The van der Waals surface area contributed by atoms with E-state index in [4.69, 9.17) is 0 Å². The van der Waals surface area contributed by atoms with E-state index >= 15 is 0 Å². The van der Waals surface area contributed by atoms with Crippen molar-refractivity contribution < 1.29 is 4.79 Å². The van der Waals surface area contributed by atoms with Crippen LogP contribution >= 0.6 is 11.3 Å². The standard InChI is InChI=1S/C13H20N2OS/c1-15(9-11-6-7-17-10-11)13(16)8-14-12-4-2-3-5-12/h6-7,10,12,14H,2-5,8-9H2,1H3. The maximum atomic E-state index is 11.9. The highest BCUT2D eigenvalue weighted by atomic mass is 32.1. The number of rotatable bonds is 5. The van der Waals surface area contributed by atoms with Gasteiger partial charge < -0.3 is 10.2 Å². The van der Waals surface area contributed by atoms with Crippen molar-refractivity contribution in [2.75, 3.05) is 13.6 Å². The maximum Gasteiger partial charge on any atom is 0.236 e. The number of nitrogens with zero attached hydrogens (tertiary/aromatic N) is 1. The largest absolute Gasteiger partial charge is 0.340 e. The minimum atomic E-state index is 0.183. The predicted octanol–water partition coefficient (Wildman–Crippen LogP) is 2.24. The lowest BCUT2D eigenvalue weighted by Crippen LogP contribution is -2.38. The summed E-state index contributed by atoms with van der Waals surface area (Å²) in [6, 6.07) is 2.63. The van der Waals surface area contributed by atoms with Gasteiger partial charge >= 0.3 is 0 Å². The number of carbonyl (C=O) groups excluding carboxylic acids is 1. The molecule has 0 saturated heterocycles. The average Bonchev–Trinajstić information content (AvgIpc) is 2.98. The first kappa shape index (κ1) is 12.6. The molecule has 1 aliphatic carbocycles. The zero-order chi connectivity index (χ0) is 12.1. The molecular weight excluding hydrogens is 232 g/mol. The first-order chi connectivity index (χ1) is 8.25. The van der Waals surface area contributed by atoms with Crippen LogP contribution in [0.2, 0.25) is 0 Å². The first-order valence-electron chi connectivity index (χ1n) is 6.24. The highest BCUT2D eigenvalue weighted by Crippen LogP contribution is 2.17. The molecule has 0 atom stereocenters. The second kappa shape index (κ2) is 6.17. The van der Waals surface area contributed by atoms with Crippen LogP contribution in [0.4, 0.5) is 0 Å². The molecule has 1 fully saturated rings. The Balaban J connectivity index is 1.71. The molecule has 0 bridgehead atoms. The van der Waals surface area contributed by atoms with Gasteiger partial charge in [-0.1, -0.05) is 12.8 Å². The van der Waals surface area contributed by atoms with Gasteiger partial charge in [0, 0.05) is 19.6 Å². The van der Waals surface area contributed by atoms with E-state index in [-0.39, 0.29) is 5.91 Å². The third-order valence-corrected chi connectivity index (χ3v) is 4.05. The molecule has 17 heavy (non-hydrogen) atoms. The van der Waals surface area contributed by atoms with Crippen LogP contribution in [-0.4, -0.2) is 30.4 Å². The lowest BCUT2D eigenvalue weighted by Gasteiger charge is -2.18. The third kappa shape index (κ3) is 3.82. The minimum Gasteiger partial charge on any atom is -0.340 e. The maximum absolute atomic E-state index is 11.9. The SMILES string of the molecule is CN(Cc1ccsc1)C(=O)CNC1CCCC1. The number of carbonyl (C=O) groups is 1. The highest BCUT2D eigenvalue weighted by molar-refractivity contribution is 7.07. The van der Waals surface area contributed by atoms with Gasteiger partial charge in [-0.15, -0.1) is 0 Å². The number of amides is 1. The normalized spacial score (nSPS) is 16.3. The molecule has 1 saturated carbocycles. The van der Waals surface area contributed by atoms with Crippen molar-refractivity contribution >= 4 is 17.2 Å². The van der Waals surface area contributed by atoms with E-state index in [1.54, 1.807) is 16.2 Å². The third-order valence-electron chi connectivity index (χ3n) is 3.32. The summed E-state index contributed by atoms with van der Waals surface area (Å²) in [4.78, 5) is 13.7. The van der Waals surface area contributed by atoms with E-state index in [1.807, 2.05) is 12.4 Å². The summed E-state index contributed by atoms with van der Waals surface area (Å²) >= 11 is 1.67. The lowest BCUT2D eigenvalue weighted by atomic mass is 10.2. The predicted molar refractivity (Wildman–Crippen MR) is 71.1 cm³/mol. The Morgan fingerprint density at radius 3 is 2.94 bits per heavy atom. The van der Waals surface area contributed by atoms with Crippen LogP contribution in [0, 0.1) is 0 Å². The molecule has 3 nitrogen and oxygen atoms in total. The highest BCUT2D eigenvalue weighted by Gasteiger charge is 2.16. The molecule has 1 aliphatic rings. The van der Waals surface area contributed by atoms with E-state index in [0.717, 1.165) is 0 Å². The Morgan fingerprint density at radius 1 is 1.53 bits per heavy atom. The lowest BCUT2D eigenvalue weighted by molar-refractivity contribution is -0.129. The molecule has 0 aliphatic heterocycles. The molecule has 4 heteroatoms. The van der Waals surface area contributed by atoms with Gasteiger partial charge in [-0.2, -0.15) is 11.3 Å². The molecule has 1 heterocycles. The molecule has 0 aromatic carbocycles. The first-order valence-corrected chi connectivity index (χ1v) is 7.18. The smallest absolute Gasteiger partial charge is 0.236 e. The average molecular weight is 252 g/mol. The Bertz CT molecular complexity index is 344. The van der Waals surface area contributed by atoms with E-state index in [2.05, 4.69) is 16.8 Å². The number of thiophene rings is 1. The van der Waals surface area contributed by atoms with Crippen molar-refractivity contribution in [2.24, 2.45) is 0 Å². The van der Waals surface area contributed by atoms with Crippen molar-refractivity contribution in [1.29, 1.82) is 0 Å². The number of hydrogen-bond donors (Lipinski definition) is 1. The Labute approximate surface area is 107 Å². The van der Waals surface area contributed by atoms with Gasteiger partial charge in [0.15, 0.2) is 0 Å². The minimum absolute atomic E-state index is 0.183. The van der Waals surface area contributed by atoms with Crippen LogP contribution in [0.5, 0.6) is 0 Å². The fourth-order valence-corrected chi connectivity index (χ4v) is 2.90. The summed E-state index contributed by atoms with van der Waals surface area (Å²) in [6.07, 6.45) is 5.05. The van der Waals surface area contributed by atoms with Crippen molar-refractivity contribution in [3.63, 3.8) is 0 Å². The fourth-order valence-electron chi connectivity index (χ4n) is 2.24. The summed E-state index contributed by atoms with van der Waals surface area (Å²) in [5.74, 6) is 0.183. The Kier molecular flexibility index (Phi) is 4.57. The molecule has 1 aromatic rings. The van der Waals surface area contributed by atoms with Gasteiger partial charge in [0.2, 0.25) is 5.91 Å². The molecule has 1 amide bonds. The summed E-state index contributed by atoms with van der Waals surface area (Å²) in [6.45, 7) is 1.19. The van der Waals surface area contributed by atoms with Crippen LogP contribution in [-0.2, 0) is 11.3 Å². The second-order valence-electron chi connectivity index (χ2n) is 4.74. The van der Waals surface area contributed by atoms with Crippen LogP contribution in [0.3, 0.4) is 0 Å². The number of hydrogen-bond acceptors (Lipinski definition) is 3. The van der Waals surface area contributed by atoms with Gasteiger partial charge in [0.05, 0.1) is 6.54 Å². The van der Waals surface area contributed by atoms with Gasteiger partial charge in [-0.05, 0) is 35.2 Å². The van der Waals surface area contributed by atoms with Gasteiger partial charge in [-0.3, -0.25) is 4.79 Å². The molecule has 0 unspecified atom stereocenters. The zero-order valence-electron chi connectivity index (χ0n) is 10.3. The molecule has 0 spiro atoms. The second-order valence-corrected chi connectivity index (χ2v) is 5.52. The summed E-state index contributed by atoms with van der Waals surface area (Å²) in [7, 11) is 1.87. The Morgan fingerprint density at radius 2 is 2.29 bits per heavy atom. The van der Waals surface area contributed by atoms with E-state index in [9.17, 15) is 4.79 Å². The molecule has 94 valence electrons. The molecule has 2 rings (SSSR count). The topological polar surface area (TPSA) is 32.3 Å². The Hall–Kier alpha value is -0.870. The fraction of sp³-hybridized carbons (Fsp3) is 0.615. The van der Waals surface area contributed by atoms with Gasteiger partial charge in [0.1, 0.15) is 0 Å². The van der Waals surface area contributed by atoms with Crippen LogP contribution in [0.1, 0.15) is 31.2 Å². The van der Waals surface area contributed by atoms with Crippen LogP contribution in [0.25, 0.3) is 0 Å². The van der Waals surface area contributed by atoms with Crippen molar-refractivity contribution in [2.45, 2.75) is 38.3 Å². The van der Waals surface area contributed by atoms with Crippen molar-refractivity contribution in [3.05, 3.63) is 22.4 Å². The van der Waals surface area contributed by atoms with E-state index < -0.39 is 0 Å². The quantitative estimate of drug-likeness (QED) is 0.871. The van der Waals surface area contributed by atoms with E-state index in [0.29, 0.717) is 19.1 Å². The summed E-state index contributed by atoms with van der Waals surface area (Å²) < 4.78 is 0. The van der Waals surface area contributed by atoms with Gasteiger partial charge in [0.25, 0.3) is 0 Å². The summed E-state index contributed by atoms with van der Waals surface area (Å²) in [5, 5.41) is 7.49. The zero-order valence-corrected chi connectivity index (χ0v) is 11.1. The molecule has 0 radical (unpaired) electrons. The monoisotopic (exact) mass is 252 g/mol. The number of nitrogens with one attached hydrogen (secondary N) is 1. The molecular formula is C13H20N2OS. The summed E-state index contributed by atoms with van der Waals surface area (Å²) in [5.41, 5.74) is 1.21. The van der Waals surface area contributed by atoms with Crippen molar-refractivity contribution in [3.8, 4) is 0 Å². The van der Waals surface area contributed by atoms with Gasteiger partial charge in [-0.25, -0.2) is 0 Å². The molecule has 1 aromatic heterocycles. The molecule has 1 N–H and O–H groups in total. The van der Waals surface area contributed by atoms with Crippen molar-refractivity contribution in [1.82, 2.24) is 10.2 Å².